The summed E-state index contributed by atoms with van der Waals surface area (Å²) in [7, 11) is 0. The summed E-state index contributed by atoms with van der Waals surface area (Å²) in [6, 6.07) is 0. The van der Waals surface area contributed by atoms with Gasteiger partial charge in [-0.05, 0) is 52.4 Å². The van der Waals surface area contributed by atoms with Crippen molar-refractivity contribution in [2.45, 2.75) is 25.3 Å². The van der Waals surface area contributed by atoms with E-state index in [2.05, 4.69) is 30.9 Å². The number of rotatable bonds is 1. The number of hydrogen-bond donors (Lipinski definition) is 0. The monoisotopic (exact) mass is 252 g/mol. The molecule has 0 bridgehead atoms. The van der Waals surface area contributed by atoms with Crippen LogP contribution in [0.1, 0.15) is 24.5 Å². The normalized spacial score (nSPS) is 24.1. The van der Waals surface area contributed by atoms with E-state index in [1.807, 2.05) is 6.92 Å². The van der Waals surface area contributed by atoms with Crippen LogP contribution >= 0.6 is 15.9 Å². The first kappa shape index (κ1) is 9.49. The predicted molar refractivity (Wildman–Crippen MR) is 56.8 cm³/mol. The predicted octanol–water partition coefficient (Wildman–Crippen LogP) is 3.32. The van der Waals surface area contributed by atoms with Crippen LogP contribution in [-0.2, 0) is 12.0 Å². The van der Waals surface area contributed by atoms with Crippen LogP contribution in [0.2, 0.25) is 0 Å². The lowest BCUT2D eigenvalue weighted by Crippen LogP contribution is -2.13. The van der Waals surface area contributed by atoms with Crippen molar-refractivity contribution in [3.8, 4) is 0 Å². The zero-order valence-corrected chi connectivity index (χ0v) is 9.32. The summed E-state index contributed by atoms with van der Waals surface area (Å²) in [6.07, 6.45) is 5.37. The first-order valence-electron chi connectivity index (χ1n) is 4.36. The number of aromatic nitrogens is 1. The minimum atomic E-state index is -0.416. The molecule has 72 valence electrons. The van der Waals surface area contributed by atoms with E-state index in [-0.39, 0.29) is 0 Å². The number of azide groups is 1. The fourth-order valence-corrected chi connectivity index (χ4v) is 2.42. The van der Waals surface area contributed by atoms with Crippen molar-refractivity contribution in [2.75, 3.05) is 0 Å². The molecule has 0 aromatic carbocycles. The largest absolute Gasteiger partial charge is 0.263 e. The van der Waals surface area contributed by atoms with Gasteiger partial charge in [0.05, 0.1) is 5.54 Å². The van der Waals surface area contributed by atoms with E-state index in [9.17, 15) is 0 Å². The second kappa shape index (κ2) is 3.26. The smallest absolute Gasteiger partial charge is 0.0731 e. The Hall–Kier alpha value is -1.06. The second-order valence-corrected chi connectivity index (χ2v) is 4.47. The highest BCUT2D eigenvalue weighted by Gasteiger charge is 2.34. The third-order valence-electron chi connectivity index (χ3n) is 2.71. The molecule has 0 fully saturated rings. The summed E-state index contributed by atoms with van der Waals surface area (Å²) in [6.45, 7) is 1.95. The molecule has 5 heteroatoms. The molecular formula is C9H9BrN4. The lowest BCUT2D eigenvalue weighted by atomic mass is 9.97. The van der Waals surface area contributed by atoms with Gasteiger partial charge >= 0.3 is 0 Å². The average Bonchev–Trinajstić information content (AvgIpc) is 2.47. The third-order valence-corrected chi connectivity index (χ3v) is 3.40. The summed E-state index contributed by atoms with van der Waals surface area (Å²) in [4.78, 5) is 7.00. The molecule has 1 aromatic rings. The molecule has 1 aliphatic carbocycles. The Kier molecular flexibility index (Phi) is 2.21. The van der Waals surface area contributed by atoms with E-state index in [1.54, 1.807) is 12.4 Å². The van der Waals surface area contributed by atoms with Crippen molar-refractivity contribution in [1.29, 1.82) is 0 Å². The molecule has 1 aromatic heterocycles. The molecule has 0 saturated carbocycles. The molecule has 1 atom stereocenters. The van der Waals surface area contributed by atoms with Gasteiger partial charge in [-0.1, -0.05) is 5.11 Å². The van der Waals surface area contributed by atoms with Crippen LogP contribution in [-0.4, -0.2) is 4.98 Å². The number of halogens is 1. The minimum absolute atomic E-state index is 0.416. The zero-order chi connectivity index (χ0) is 10.2. The van der Waals surface area contributed by atoms with Crippen molar-refractivity contribution >= 4 is 15.9 Å². The lowest BCUT2D eigenvalue weighted by molar-refractivity contribution is 0.488. The molecule has 0 spiro atoms. The first-order valence-corrected chi connectivity index (χ1v) is 5.16. The lowest BCUT2D eigenvalue weighted by Gasteiger charge is -2.17. The van der Waals surface area contributed by atoms with Crippen molar-refractivity contribution < 1.29 is 0 Å². The molecule has 0 radical (unpaired) electrons. The van der Waals surface area contributed by atoms with Gasteiger partial charge in [-0.15, -0.1) is 0 Å². The van der Waals surface area contributed by atoms with Crippen LogP contribution in [0.3, 0.4) is 0 Å². The highest BCUT2D eigenvalue weighted by molar-refractivity contribution is 9.10. The van der Waals surface area contributed by atoms with Crippen LogP contribution in [0, 0.1) is 0 Å². The van der Waals surface area contributed by atoms with Gasteiger partial charge in [0, 0.05) is 21.8 Å². The summed E-state index contributed by atoms with van der Waals surface area (Å²) in [5.74, 6) is 0. The van der Waals surface area contributed by atoms with E-state index >= 15 is 0 Å². The summed E-state index contributed by atoms with van der Waals surface area (Å²) in [5, 5.41) is 3.86. The summed E-state index contributed by atoms with van der Waals surface area (Å²) in [5.41, 5.74) is 10.4. The van der Waals surface area contributed by atoms with Gasteiger partial charge in [-0.3, -0.25) is 4.98 Å². The van der Waals surface area contributed by atoms with E-state index < -0.39 is 5.54 Å². The van der Waals surface area contributed by atoms with E-state index in [0.717, 1.165) is 22.9 Å². The molecule has 0 N–H and O–H groups in total. The fourth-order valence-electron chi connectivity index (χ4n) is 1.89. The van der Waals surface area contributed by atoms with E-state index in [0.29, 0.717) is 0 Å². The Morgan fingerprint density at radius 3 is 3.14 bits per heavy atom. The van der Waals surface area contributed by atoms with E-state index in [1.165, 1.54) is 5.56 Å². The van der Waals surface area contributed by atoms with Crippen LogP contribution in [0.25, 0.3) is 10.4 Å². The van der Waals surface area contributed by atoms with Crippen LogP contribution < -0.4 is 0 Å². The average molecular weight is 253 g/mol. The van der Waals surface area contributed by atoms with Crippen molar-refractivity contribution in [3.63, 3.8) is 0 Å². The highest BCUT2D eigenvalue weighted by Crippen LogP contribution is 2.41. The number of pyridine rings is 1. The molecule has 1 heterocycles. The maximum absolute atomic E-state index is 8.51. The maximum atomic E-state index is 8.51. The van der Waals surface area contributed by atoms with Crippen LogP contribution in [0.5, 0.6) is 0 Å². The number of nitrogens with zero attached hydrogens (tertiary/aromatic N) is 4. The fraction of sp³-hybridized carbons (Fsp3) is 0.444. The molecule has 4 nitrogen and oxygen atoms in total. The van der Waals surface area contributed by atoms with Gasteiger partial charge in [-0.25, -0.2) is 0 Å². The third kappa shape index (κ3) is 1.29. The van der Waals surface area contributed by atoms with Crippen molar-refractivity contribution in [2.24, 2.45) is 5.11 Å². The molecule has 1 unspecified atom stereocenters. The first-order chi connectivity index (χ1) is 6.67. The van der Waals surface area contributed by atoms with Crippen molar-refractivity contribution in [3.05, 3.63) is 38.4 Å². The van der Waals surface area contributed by atoms with E-state index in [4.69, 9.17) is 5.53 Å². The topological polar surface area (TPSA) is 61.7 Å². The zero-order valence-electron chi connectivity index (χ0n) is 7.74. The molecule has 0 saturated heterocycles. The molecule has 2 rings (SSSR count). The number of fused-ring (bicyclic) bond motifs is 1. The Balaban J connectivity index is 2.60. The Labute approximate surface area is 90.1 Å². The highest BCUT2D eigenvalue weighted by atomic mass is 79.9. The van der Waals surface area contributed by atoms with Gasteiger partial charge in [-0.2, -0.15) is 0 Å². The summed E-state index contributed by atoms with van der Waals surface area (Å²) >= 11 is 3.45. The summed E-state index contributed by atoms with van der Waals surface area (Å²) < 4.78 is 1.01. The van der Waals surface area contributed by atoms with Crippen LogP contribution in [0.15, 0.2) is 22.0 Å². The molecule has 0 aliphatic heterocycles. The van der Waals surface area contributed by atoms with Gasteiger partial charge < -0.3 is 0 Å². The molecular weight excluding hydrogens is 244 g/mol. The van der Waals surface area contributed by atoms with Crippen molar-refractivity contribution in [1.82, 2.24) is 4.98 Å². The number of hydrogen-bond acceptors (Lipinski definition) is 2. The second-order valence-electron chi connectivity index (χ2n) is 3.61. The molecule has 14 heavy (non-hydrogen) atoms. The van der Waals surface area contributed by atoms with Gasteiger partial charge in [0.15, 0.2) is 0 Å². The van der Waals surface area contributed by atoms with Gasteiger partial charge in [0.25, 0.3) is 0 Å². The quantitative estimate of drug-likeness (QED) is 0.430. The molecule has 0 amide bonds. The SMILES string of the molecule is CC1(N=[N+]=[N-])CCc2c(Br)cncc21. The molecule has 1 aliphatic rings. The Bertz CT molecular complexity index is 425. The Morgan fingerprint density at radius 2 is 2.43 bits per heavy atom. The Morgan fingerprint density at radius 1 is 1.64 bits per heavy atom. The van der Waals surface area contributed by atoms with Gasteiger partial charge in [0.1, 0.15) is 0 Å². The standard InChI is InChI=1S/C9H9BrN4/c1-9(13-14-11)3-2-6-7(9)4-12-5-8(6)10/h4-5H,2-3H2,1H3. The van der Waals surface area contributed by atoms with Gasteiger partial charge in [0.2, 0.25) is 0 Å². The minimum Gasteiger partial charge on any atom is -0.263 e. The van der Waals surface area contributed by atoms with Crippen LogP contribution in [0.4, 0.5) is 0 Å². The maximum Gasteiger partial charge on any atom is 0.0731 e.